The maximum Gasteiger partial charge on any atom is 0.416 e. The number of hydrogen-bond acceptors (Lipinski definition) is 4. The molecule has 1 saturated heterocycles. The van der Waals surface area contributed by atoms with Crippen LogP contribution < -0.4 is 10.4 Å². The van der Waals surface area contributed by atoms with Gasteiger partial charge in [-0.25, -0.2) is 9.69 Å². The Morgan fingerprint density at radius 1 is 0.872 bits per heavy atom. The van der Waals surface area contributed by atoms with E-state index in [1.807, 2.05) is 24.3 Å². The molecule has 0 radical (unpaired) electrons. The maximum atomic E-state index is 14.3. The normalized spacial score (nSPS) is 17.6. The van der Waals surface area contributed by atoms with Gasteiger partial charge in [-0.1, -0.05) is 161 Å². The van der Waals surface area contributed by atoms with Crippen molar-refractivity contribution in [1.29, 1.82) is 0 Å². The minimum absolute atomic E-state index is 0.00452. The van der Waals surface area contributed by atoms with E-state index in [2.05, 4.69) is 126 Å². The summed E-state index contributed by atoms with van der Waals surface area (Å²) in [6.07, 6.45) is 4.32. The topological polar surface area (TPSA) is 55.8 Å². The Morgan fingerprint density at radius 3 is 1.89 bits per heavy atom. The minimum atomic E-state index is -2.23. The van der Waals surface area contributed by atoms with Crippen LogP contribution in [-0.2, 0) is 20.9 Å². The molecule has 0 aliphatic carbocycles. The Labute approximate surface area is 285 Å². The van der Waals surface area contributed by atoms with Crippen molar-refractivity contribution < 1.29 is 19.1 Å². The summed E-state index contributed by atoms with van der Waals surface area (Å²) in [4.78, 5) is 28.8. The van der Waals surface area contributed by atoms with Crippen LogP contribution in [0.4, 0.5) is 4.79 Å². The molecule has 47 heavy (non-hydrogen) atoms. The number of cyclic esters (lactones) is 1. The smallest absolute Gasteiger partial charge is 0.416 e. The summed E-state index contributed by atoms with van der Waals surface area (Å²) in [6.45, 7) is 20.8. The van der Waals surface area contributed by atoms with Crippen LogP contribution >= 0.6 is 0 Å². The molecule has 1 aliphatic heterocycles. The minimum Gasteiger partial charge on any atom is -0.447 e. The number of rotatable bonds is 15. The Hall–Kier alpha value is -3.27. The largest absolute Gasteiger partial charge is 0.447 e. The Kier molecular flexibility index (Phi) is 12.3. The molecule has 1 aliphatic rings. The molecular formula is C40H55NO4Si2. The van der Waals surface area contributed by atoms with E-state index in [1.165, 1.54) is 15.3 Å². The van der Waals surface area contributed by atoms with Crippen molar-refractivity contribution in [1.82, 2.24) is 4.90 Å². The molecule has 2 amide bonds. The SMILES string of the molecule is C=CC[C@H](C[C@H](C[C@H](CC(=O)N1C(=O)OC[C@@H]1C(C)(C)C)[Si](C)(C)c1ccccc1)[Si](C)(C)c1ccccc1)OCc1ccccc1. The lowest BCUT2D eigenvalue weighted by molar-refractivity contribution is -0.130. The number of amides is 2. The summed E-state index contributed by atoms with van der Waals surface area (Å²) in [5, 5.41) is 2.74. The summed E-state index contributed by atoms with van der Waals surface area (Å²) in [5.41, 5.74) is 1.31. The molecule has 252 valence electrons. The van der Waals surface area contributed by atoms with E-state index in [4.69, 9.17) is 9.47 Å². The van der Waals surface area contributed by atoms with Crippen molar-refractivity contribution in [2.75, 3.05) is 6.61 Å². The van der Waals surface area contributed by atoms with Gasteiger partial charge in [-0.3, -0.25) is 4.79 Å². The number of benzene rings is 3. The van der Waals surface area contributed by atoms with Crippen LogP contribution in [0.5, 0.6) is 0 Å². The van der Waals surface area contributed by atoms with Crippen LogP contribution in [0, 0.1) is 5.41 Å². The second kappa shape index (κ2) is 15.8. The Morgan fingerprint density at radius 2 is 1.38 bits per heavy atom. The Bertz CT molecular complexity index is 1450. The number of ether oxygens (including phenoxy) is 2. The van der Waals surface area contributed by atoms with Gasteiger partial charge in [-0.05, 0) is 34.9 Å². The third kappa shape index (κ3) is 9.21. The average Bonchev–Trinajstić information content (AvgIpc) is 3.46. The van der Waals surface area contributed by atoms with E-state index >= 15 is 0 Å². The van der Waals surface area contributed by atoms with E-state index in [0.717, 1.165) is 24.8 Å². The average molecular weight is 670 g/mol. The first kappa shape index (κ1) is 36.6. The predicted molar refractivity (Wildman–Crippen MR) is 200 cm³/mol. The Balaban J connectivity index is 1.73. The van der Waals surface area contributed by atoms with Gasteiger partial charge in [-0.15, -0.1) is 6.58 Å². The first-order valence-electron chi connectivity index (χ1n) is 17.1. The molecule has 7 heteroatoms. The second-order valence-electron chi connectivity index (χ2n) is 15.4. The zero-order valence-electron chi connectivity index (χ0n) is 29.6. The molecule has 0 saturated carbocycles. The zero-order chi connectivity index (χ0) is 34.2. The molecule has 5 nitrogen and oxygen atoms in total. The molecule has 1 fully saturated rings. The standard InChI is InChI=1S/C40H55NO4Si2/c1-9-19-32(44-29-31-20-13-10-14-21-31)26-35(46(5,6)33-22-15-11-16-23-33)27-36(47(7,8)34-24-17-12-18-25-34)28-38(42)41-37(40(2,3)4)30-45-39(41)43/h9-18,20-25,32,35-37H,1,19,26-30H2,2-8H3/t32-,35-,36-,37-/m1/s1. The number of carbonyl (C=O) groups excluding carboxylic acids is 2. The van der Waals surface area contributed by atoms with Crippen molar-refractivity contribution in [3.8, 4) is 0 Å². The van der Waals surface area contributed by atoms with Crippen molar-refractivity contribution in [2.24, 2.45) is 5.41 Å². The van der Waals surface area contributed by atoms with Crippen molar-refractivity contribution in [2.45, 2.75) is 102 Å². The number of nitrogens with zero attached hydrogens (tertiary/aromatic N) is 1. The zero-order valence-corrected chi connectivity index (χ0v) is 31.6. The summed E-state index contributed by atoms with van der Waals surface area (Å²) in [5.74, 6) is -0.116. The molecule has 4 atom stereocenters. The summed E-state index contributed by atoms with van der Waals surface area (Å²) in [6, 6.07) is 31.7. The predicted octanol–water partition coefficient (Wildman–Crippen LogP) is 8.68. The van der Waals surface area contributed by atoms with E-state index < -0.39 is 22.2 Å². The van der Waals surface area contributed by atoms with Gasteiger partial charge in [-0.2, -0.15) is 0 Å². The second-order valence-corrected chi connectivity index (χ2v) is 25.1. The fourth-order valence-corrected chi connectivity index (χ4v) is 13.6. The molecule has 0 bridgehead atoms. The molecule has 0 unspecified atom stereocenters. The van der Waals surface area contributed by atoms with Crippen LogP contribution in [0.3, 0.4) is 0 Å². The van der Waals surface area contributed by atoms with Crippen LogP contribution in [0.25, 0.3) is 0 Å². The van der Waals surface area contributed by atoms with Gasteiger partial charge < -0.3 is 9.47 Å². The lowest BCUT2D eigenvalue weighted by Crippen LogP contribution is -2.52. The molecule has 0 aromatic heterocycles. The van der Waals surface area contributed by atoms with E-state index in [1.54, 1.807) is 0 Å². The van der Waals surface area contributed by atoms with Crippen molar-refractivity contribution >= 4 is 38.5 Å². The molecule has 0 spiro atoms. The lowest BCUT2D eigenvalue weighted by atomic mass is 9.86. The molecule has 3 aromatic carbocycles. The van der Waals surface area contributed by atoms with E-state index in [0.29, 0.717) is 18.6 Å². The summed E-state index contributed by atoms with van der Waals surface area (Å²) in [7, 11) is -4.33. The highest BCUT2D eigenvalue weighted by Gasteiger charge is 2.47. The summed E-state index contributed by atoms with van der Waals surface area (Å²) < 4.78 is 12.1. The van der Waals surface area contributed by atoms with Crippen LogP contribution in [0.15, 0.2) is 104 Å². The van der Waals surface area contributed by atoms with Crippen LogP contribution in [0.2, 0.25) is 37.3 Å². The lowest BCUT2D eigenvalue weighted by Gasteiger charge is -2.42. The quantitative estimate of drug-likeness (QED) is 0.120. The monoisotopic (exact) mass is 669 g/mol. The van der Waals surface area contributed by atoms with E-state index in [9.17, 15) is 9.59 Å². The van der Waals surface area contributed by atoms with Gasteiger partial charge in [0.2, 0.25) is 5.91 Å². The van der Waals surface area contributed by atoms with Gasteiger partial charge in [0.1, 0.15) is 6.61 Å². The van der Waals surface area contributed by atoms with Gasteiger partial charge in [0.25, 0.3) is 0 Å². The molecule has 0 N–H and O–H groups in total. The fourth-order valence-electron chi connectivity index (χ4n) is 7.04. The van der Waals surface area contributed by atoms with Gasteiger partial charge in [0.15, 0.2) is 0 Å². The maximum absolute atomic E-state index is 14.3. The highest BCUT2D eigenvalue weighted by atomic mass is 28.3. The third-order valence-electron chi connectivity index (χ3n) is 10.5. The number of carbonyl (C=O) groups is 2. The molecule has 4 rings (SSSR count). The number of hydrogen-bond donors (Lipinski definition) is 0. The molecule has 1 heterocycles. The number of imide groups is 1. The first-order valence-corrected chi connectivity index (χ1v) is 23.3. The van der Waals surface area contributed by atoms with Gasteiger partial charge in [0.05, 0.1) is 34.9 Å². The highest BCUT2D eigenvalue weighted by molar-refractivity contribution is 6.92. The highest BCUT2D eigenvalue weighted by Crippen LogP contribution is 2.43. The molecule has 3 aromatic rings. The third-order valence-corrected chi connectivity index (χ3v) is 19.2. The fraction of sp³-hybridized carbons (Fsp3) is 0.450. The van der Waals surface area contributed by atoms with Crippen molar-refractivity contribution in [3.63, 3.8) is 0 Å². The first-order chi connectivity index (χ1) is 22.2. The van der Waals surface area contributed by atoms with Crippen LogP contribution in [0.1, 0.15) is 52.0 Å². The van der Waals surface area contributed by atoms with E-state index in [-0.39, 0.29) is 35.6 Å². The van der Waals surface area contributed by atoms with Gasteiger partial charge >= 0.3 is 6.09 Å². The van der Waals surface area contributed by atoms with Crippen LogP contribution in [-0.4, -0.2) is 51.8 Å². The van der Waals surface area contributed by atoms with Crippen molar-refractivity contribution in [3.05, 3.63) is 109 Å². The summed E-state index contributed by atoms with van der Waals surface area (Å²) >= 11 is 0. The van der Waals surface area contributed by atoms with Gasteiger partial charge in [0, 0.05) is 6.42 Å². The molecular weight excluding hydrogens is 615 g/mol.